The number of aromatic nitrogens is 1. The predicted octanol–water partition coefficient (Wildman–Crippen LogP) is 7.82. The number of fused-ring (bicyclic) bond motifs is 4. The second-order valence-corrected chi connectivity index (χ2v) is 9.22. The van der Waals surface area contributed by atoms with Gasteiger partial charge in [-0.25, -0.2) is 0 Å². The fourth-order valence-corrected chi connectivity index (χ4v) is 5.55. The highest BCUT2D eigenvalue weighted by molar-refractivity contribution is 6.14. The molecule has 0 atom stereocenters. The van der Waals surface area contributed by atoms with Crippen LogP contribution in [0, 0.1) is 0 Å². The number of hydrogen-bond acceptors (Lipinski definition) is 1. The third kappa shape index (κ3) is 2.78. The molecular weight excluding hydrogens is 414 g/mol. The van der Waals surface area contributed by atoms with E-state index in [0.717, 1.165) is 44.1 Å². The molecule has 34 heavy (non-hydrogen) atoms. The Morgan fingerprint density at radius 3 is 1.74 bits per heavy atom. The van der Waals surface area contributed by atoms with Gasteiger partial charge >= 0.3 is 0 Å². The average molecular weight is 438 g/mol. The van der Waals surface area contributed by atoms with E-state index in [-0.39, 0.29) is 5.56 Å². The summed E-state index contributed by atoms with van der Waals surface area (Å²) < 4.78 is 2.02. The first-order valence-electron chi connectivity index (χ1n) is 12.0. The van der Waals surface area contributed by atoms with Gasteiger partial charge in [-0.1, -0.05) is 103 Å². The van der Waals surface area contributed by atoms with Crippen LogP contribution in [0.15, 0.2) is 114 Å². The zero-order chi connectivity index (χ0) is 22.6. The largest absolute Gasteiger partial charge is 0.275 e. The fraction of sp³-hybridized carbons (Fsp3) is 0.0938. The summed E-state index contributed by atoms with van der Waals surface area (Å²) in [6.07, 6.45) is 2.34. The number of benzene rings is 4. The molecule has 6 aromatic rings. The highest BCUT2D eigenvalue weighted by atomic mass is 16.1. The van der Waals surface area contributed by atoms with Gasteiger partial charge in [0.2, 0.25) is 0 Å². The van der Waals surface area contributed by atoms with Crippen molar-refractivity contribution >= 4 is 27.1 Å². The van der Waals surface area contributed by atoms with Crippen molar-refractivity contribution in [3.05, 3.63) is 125 Å². The van der Waals surface area contributed by atoms with E-state index in [0.29, 0.717) is 5.92 Å². The van der Waals surface area contributed by atoms with E-state index in [1.54, 1.807) is 0 Å². The fourth-order valence-electron chi connectivity index (χ4n) is 5.55. The highest BCUT2D eigenvalue weighted by Gasteiger charge is 2.31. The lowest BCUT2D eigenvalue weighted by atomic mass is 9.90. The molecule has 7 rings (SSSR count). The van der Waals surface area contributed by atoms with Crippen molar-refractivity contribution in [3.8, 4) is 22.4 Å². The third-order valence-electron chi connectivity index (χ3n) is 7.14. The number of rotatable bonds is 3. The van der Waals surface area contributed by atoms with Crippen LogP contribution in [-0.4, -0.2) is 4.40 Å². The Labute approximate surface area is 197 Å². The molecule has 1 aliphatic rings. The van der Waals surface area contributed by atoms with E-state index in [2.05, 4.69) is 78.9 Å². The first-order valence-corrected chi connectivity index (χ1v) is 12.0. The van der Waals surface area contributed by atoms with Crippen LogP contribution in [-0.2, 0) is 0 Å². The van der Waals surface area contributed by atoms with Crippen molar-refractivity contribution in [2.45, 2.75) is 18.8 Å². The molecule has 1 aliphatic carbocycles. The van der Waals surface area contributed by atoms with E-state index in [1.807, 2.05) is 34.7 Å². The molecule has 2 aromatic heterocycles. The minimum absolute atomic E-state index is 0.0526. The van der Waals surface area contributed by atoms with E-state index < -0.39 is 0 Å². The standard InChI is InChI=1S/C32H23NO/c34-32-27-18-10-8-16-25(27)29(21-11-3-1-4-12-21)31-26-17-9-7-15-24(26)28(22-19-20-22)30(33(31)32)23-13-5-2-6-14-23/h1-18,22H,19-20H2. The van der Waals surface area contributed by atoms with Crippen molar-refractivity contribution in [1.82, 2.24) is 4.40 Å². The lowest BCUT2D eigenvalue weighted by Gasteiger charge is -2.22. The summed E-state index contributed by atoms with van der Waals surface area (Å²) in [7, 11) is 0. The zero-order valence-electron chi connectivity index (χ0n) is 18.7. The number of hydrogen-bond donors (Lipinski definition) is 0. The van der Waals surface area contributed by atoms with Gasteiger partial charge in [0.25, 0.3) is 5.56 Å². The Balaban J connectivity index is 1.84. The molecule has 4 aromatic carbocycles. The van der Waals surface area contributed by atoms with Gasteiger partial charge < -0.3 is 0 Å². The second kappa shape index (κ2) is 7.43. The average Bonchev–Trinajstić information content (AvgIpc) is 3.74. The van der Waals surface area contributed by atoms with Gasteiger partial charge in [0.05, 0.1) is 11.2 Å². The van der Waals surface area contributed by atoms with E-state index >= 15 is 0 Å². The van der Waals surface area contributed by atoms with Crippen LogP contribution in [0.3, 0.4) is 0 Å². The SMILES string of the molecule is O=c1c2ccccc2c(-c2ccccc2)c2c3ccccc3c(C3CC3)c(-c3ccccc3)n12. The summed E-state index contributed by atoms with van der Waals surface area (Å²) >= 11 is 0. The Kier molecular flexibility index (Phi) is 4.22. The molecule has 0 saturated heterocycles. The predicted molar refractivity (Wildman–Crippen MR) is 142 cm³/mol. The molecule has 162 valence electrons. The monoisotopic (exact) mass is 437 g/mol. The van der Waals surface area contributed by atoms with Crippen molar-refractivity contribution in [3.63, 3.8) is 0 Å². The van der Waals surface area contributed by atoms with Gasteiger partial charge in [-0.2, -0.15) is 0 Å². The van der Waals surface area contributed by atoms with Gasteiger partial charge in [0.1, 0.15) is 0 Å². The van der Waals surface area contributed by atoms with E-state index in [9.17, 15) is 4.79 Å². The maximum Gasteiger partial charge on any atom is 0.263 e. The summed E-state index contributed by atoms with van der Waals surface area (Å²) in [6.45, 7) is 0. The van der Waals surface area contributed by atoms with Crippen LogP contribution in [0.25, 0.3) is 49.4 Å². The van der Waals surface area contributed by atoms with Crippen LogP contribution < -0.4 is 5.56 Å². The number of pyridine rings is 2. The van der Waals surface area contributed by atoms with Crippen molar-refractivity contribution in [2.75, 3.05) is 0 Å². The van der Waals surface area contributed by atoms with E-state index in [1.165, 1.54) is 23.8 Å². The van der Waals surface area contributed by atoms with Gasteiger partial charge in [-0.05, 0) is 52.3 Å². The topological polar surface area (TPSA) is 21.5 Å². The molecular formula is C32H23NO. The van der Waals surface area contributed by atoms with Gasteiger partial charge in [-0.3, -0.25) is 9.20 Å². The zero-order valence-corrected chi connectivity index (χ0v) is 18.7. The quantitative estimate of drug-likeness (QED) is 0.204. The molecule has 0 aliphatic heterocycles. The smallest absolute Gasteiger partial charge is 0.263 e. The van der Waals surface area contributed by atoms with Crippen LogP contribution in [0.5, 0.6) is 0 Å². The summed E-state index contributed by atoms with van der Waals surface area (Å²) in [4.78, 5) is 14.3. The maximum absolute atomic E-state index is 14.3. The maximum atomic E-state index is 14.3. The van der Waals surface area contributed by atoms with Gasteiger partial charge in [0, 0.05) is 16.3 Å². The first-order chi connectivity index (χ1) is 16.8. The molecule has 1 fully saturated rings. The van der Waals surface area contributed by atoms with Crippen molar-refractivity contribution in [2.24, 2.45) is 0 Å². The summed E-state index contributed by atoms with van der Waals surface area (Å²) in [5, 5.41) is 4.16. The van der Waals surface area contributed by atoms with Crippen molar-refractivity contribution in [1.29, 1.82) is 0 Å². The summed E-state index contributed by atoms with van der Waals surface area (Å²) in [5.74, 6) is 0.489. The highest BCUT2D eigenvalue weighted by Crippen LogP contribution is 2.49. The molecule has 2 heteroatoms. The molecule has 0 bridgehead atoms. The van der Waals surface area contributed by atoms with Crippen LogP contribution in [0.4, 0.5) is 0 Å². The Morgan fingerprint density at radius 1 is 0.559 bits per heavy atom. The molecule has 0 unspecified atom stereocenters. The Hall–Kier alpha value is -4.17. The van der Waals surface area contributed by atoms with Crippen LogP contribution >= 0.6 is 0 Å². The summed E-state index contributed by atoms with van der Waals surface area (Å²) in [6, 6.07) is 37.6. The molecule has 0 radical (unpaired) electrons. The molecule has 0 amide bonds. The van der Waals surface area contributed by atoms with Crippen LogP contribution in [0.2, 0.25) is 0 Å². The molecule has 0 N–H and O–H groups in total. The molecule has 2 nitrogen and oxygen atoms in total. The number of nitrogens with zero attached hydrogens (tertiary/aromatic N) is 1. The van der Waals surface area contributed by atoms with Crippen LogP contribution in [0.1, 0.15) is 24.3 Å². The normalized spacial score (nSPS) is 13.6. The summed E-state index contributed by atoms with van der Waals surface area (Å²) in [5.41, 5.74) is 6.74. The van der Waals surface area contributed by atoms with Gasteiger partial charge in [0.15, 0.2) is 0 Å². The van der Waals surface area contributed by atoms with Gasteiger partial charge in [-0.15, -0.1) is 0 Å². The lowest BCUT2D eigenvalue weighted by Crippen LogP contribution is -2.19. The van der Waals surface area contributed by atoms with Crippen molar-refractivity contribution < 1.29 is 0 Å². The lowest BCUT2D eigenvalue weighted by molar-refractivity contribution is 1.06. The minimum atomic E-state index is 0.0526. The molecule has 2 heterocycles. The molecule has 1 saturated carbocycles. The minimum Gasteiger partial charge on any atom is -0.275 e. The third-order valence-corrected chi connectivity index (χ3v) is 7.14. The molecule has 0 spiro atoms. The Bertz CT molecular complexity index is 1760. The Morgan fingerprint density at radius 2 is 1.09 bits per heavy atom. The second-order valence-electron chi connectivity index (χ2n) is 9.22. The van der Waals surface area contributed by atoms with E-state index in [4.69, 9.17) is 0 Å². The first kappa shape index (κ1) is 19.3.